The zero-order valence-corrected chi connectivity index (χ0v) is 14.1. The minimum Gasteiger partial charge on any atom is -0.492 e. The highest BCUT2D eigenvalue weighted by atomic mass is 35.5. The molecule has 0 bridgehead atoms. The molecule has 6 heteroatoms. The van der Waals surface area contributed by atoms with Crippen LogP contribution in [0.1, 0.15) is 20.3 Å². The number of nitrogens with zero attached hydrogens (tertiary/aromatic N) is 2. The van der Waals surface area contributed by atoms with Gasteiger partial charge in [0.15, 0.2) is 5.78 Å². The second kappa shape index (κ2) is 7.16. The van der Waals surface area contributed by atoms with Crippen molar-refractivity contribution in [2.45, 2.75) is 26.8 Å². The van der Waals surface area contributed by atoms with Crippen molar-refractivity contribution in [3.63, 3.8) is 0 Å². The summed E-state index contributed by atoms with van der Waals surface area (Å²) in [4.78, 5) is 16.3. The molecule has 0 fully saturated rings. The summed E-state index contributed by atoms with van der Waals surface area (Å²) in [5, 5.41) is 1.03. The number of hydrogen-bond donors (Lipinski definition) is 0. The third kappa shape index (κ3) is 4.49. The molecule has 0 radical (unpaired) electrons. The van der Waals surface area contributed by atoms with Gasteiger partial charge in [-0.2, -0.15) is 0 Å². The van der Waals surface area contributed by atoms with Crippen LogP contribution in [0.4, 0.5) is 0 Å². The van der Waals surface area contributed by atoms with E-state index in [1.165, 1.54) is 0 Å². The lowest BCUT2D eigenvalue weighted by Crippen LogP contribution is -2.29. The number of carbonyl (C=O) groups excluding carboxylic acids is 1. The number of aromatic nitrogens is 2. The Morgan fingerprint density at radius 2 is 2.14 bits per heavy atom. The molecule has 0 amide bonds. The van der Waals surface area contributed by atoms with E-state index in [0.717, 1.165) is 0 Å². The van der Waals surface area contributed by atoms with E-state index >= 15 is 0 Å². The summed E-state index contributed by atoms with van der Waals surface area (Å²) < 4.78 is 7.42. The maximum atomic E-state index is 12.3. The number of Topliss-reactive ketones (excluding diaryl/α,β-unsaturated/α-hetero) is 1. The maximum Gasteiger partial charge on any atom is 0.158 e. The summed E-state index contributed by atoms with van der Waals surface area (Å²) in [6.07, 6.45) is 5.67. The van der Waals surface area contributed by atoms with E-state index in [9.17, 15) is 4.79 Å². The van der Waals surface area contributed by atoms with Crippen LogP contribution >= 0.6 is 23.2 Å². The van der Waals surface area contributed by atoms with Crippen molar-refractivity contribution in [2.75, 3.05) is 6.61 Å². The molecule has 22 heavy (non-hydrogen) atoms. The fourth-order valence-corrected chi connectivity index (χ4v) is 2.37. The highest BCUT2D eigenvalue weighted by Crippen LogP contribution is 2.29. The van der Waals surface area contributed by atoms with Crippen molar-refractivity contribution in [1.29, 1.82) is 0 Å². The number of rotatable bonds is 7. The zero-order chi connectivity index (χ0) is 16.2. The van der Waals surface area contributed by atoms with Crippen molar-refractivity contribution >= 4 is 29.0 Å². The van der Waals surface area contributed by atoms with Gasteiger partial charge in [-0.05, 0) is 24.6 Å². The fourth-order valence-electron chi connectivity index (χ4n) is 1.91. The van der Waals surface area contributed by atoms with Crippen LogP contribution in [0.25, 0.3) is 0 Å². The molecular weight excluding hydrogens is 323 g/mol. The summed E-state index contributed by atoms with van der Waals surface area (Å²) in [5.41, 5.74) is -0.483. The smallest absolute Gasteiger partial charge is 0.158 e. The third-order valence-electron chi connectivity index (χ3n) is 3.52. The monoisotopic (exact) mass is 340 g/mol. The molecule has 0 saturated carbocycles. The molecule has 2 aromatic rings. The number of ketones is 1. The molecule has 0 aliphatic carbocycles. The van der Waals surface area contributed by atoms with Gasteiger partial charge in [0.2, 0.25) is 0 Å². The van der Waals surface area contributed by atoms with Crippen LogP contribution in [-0.2, 0) is 11.3 Å². The lowest BCUT2D eigenvalue weighted by atomic mass is 9.84. The number of hydrogen-bond acceptors (Lipinski definition) is 3. The fraction of sp³-hybridized carbons (Fsp3) is 0.375. The first-order valence-corrected chi connectivity index (χ1v) is 7.71. The predicted octanol–water partition coefficient (Wildman–Crippen LogP) is 4.25. The molecule has 118 valence electrons. The highest BCUT2D eigenvalue weighted by molar-refractivity contribution is 6.35. The lowest BCUT2D eigenvalue weighted by Gasteiger charge is -2.23. The SMILES string of the molecule is CC(C)(CCOc1ccc(Cl)cc1Cl)C(=O)Cn1ccnc1. The molecule has 0 aliphatic rings. The largest absolute Gasteiger partial charge is 0.492 e. The minimum absolute atomic E-state index is 0.135. The average Bonchev–Trinajstić information content (AvgIpc) is 2.94. The Morgan fingerprint density at radius 3 is 2.77 bits per heavy atom. The van der Waals surface area contributed by atoms with Crippen molar-refractivity contribution in [2.24, 2.45) is 5.41 Å². The summed E-state index contributed by atoms with van der Waals surface area (Å²) in [5.74, 6) is 0.709. The molecule has 0 spiro atoms. The summed E-state index contributed by atoms with van der Waals surface area (Å²) in [6, 6.07) is 5.08. The van der Waals surface area contributed by atoms with Crippen molar-refractivity contribution in [3.05, 3.63) is 47.0 Å². The van der Waals surface area contributed by atoms with Crippen LogP contribution in [0, 0.1) is 5.41 Å². The van der Waals surface area contributed by atoms with Gasteiger partial charge < -0.3 is 9.30 Å². The molecule has 1 aromatic carbocycles. The quantitative estimate of drug-likeness (QED) is 0.756. The van der Waals surface area contributed by atoms with Gasteiger partial charge in [0, 0.05) is 22.8 Å². The van der Waals surface area contributed by atoms with Gasteiger partial charge in [0.25, 0.3) is 0 Å². The number of ether oxygens (including phenoxy) is 1. The predicted molar refractivity (Wildman–Crippen MR) is 87.6 cm³/mol. The molecule has 0 N–H and O–H groups in total. The van der Waals surface area contributed by atoms with Crippen LogP contribution in [0.5, 0.6) is 5.75 Å². The van der Waals surface area contributed by atoms with Crippen molar-refractivity contribution in [1.82, 2.24) is 9.55 Å². The Bertz CT molecular complexity index is 640. The standard InChI is InChI=1S/C16H18Cl2N2O2/c1-16(2,15(21)10-20-7-6-19-11-20)5-8-22-14-4-3-12(17)9-13(14)18/h3-4,6-7,9,11H,5,8,10H2,1-2H3. The van der Waals surface area contributed by atoms with Crippen LogP contribution in [-0.4, -0.2) is 21.9 Å². The van der Waals surface area contributed by atoms with E-state index in [1.54, 1.807) is 41.5 Å². The number of carbonyl (C=O) groups is 1. The summed E-state index contributed by atoms with van der Waals surface area (Å²) >= 11 is 11.9. The van der Waals surface area contributed by atoms with E-state index in [2.05, 4.69) is 4.98 Å². The van der Waals surface area contributed by atoms with Gasteiger partial charge in [0.1, 0.15) is 5.75 Å². The topological polar surface area (TPSA) is 44.1 Å². The van der Waals surface area contributed by atoms with Gasteiger partial charge in [0.05, 0.1) is 24.5 Å². The van der Waals surface area contributed by atoms with Crippen LogP contribution in [0.3, 0.4) is 0 Å². The van der Waals surface area contributed by atoms with Crippen LogP contribution in [0.2, 0.25) is 10.0 Å². The van der Waals surface area contributed by atoms with Gasteiger partial charge in [-0.25, -0.2) is 4.98 Å². The summed E-state index contributed by atoms with van der Waals surface area (Å²) in [7, 11) is 0. The van der Waals surface area contributed by atoms with E-state index in [1.807, 2.05) is 13.8 Å². The third-order valence-corrected chi connectivity index (χ3v) is 4.05. The molecule has 0 saturated heterocycles. The van der Waals surface area contributed by atoms with E-state index < -0.39 is 5.41 Å². The Labute approximate surface area is 140 Å². The number of halogens is 2. The molecule has 0 atom stereocenters. The second-order valence-electron chi connectivity index (χ2n) is 5.72. The maximum absolute atomic E-state index is 12.3. The average molecular weight is 341 g/mol. The Kier molecular flexibility index (Phi) is 5.48. The molecule has 1 heterocycles. The first-order valence-electron chi connectivity index (χ1n) is 6.95. The zero-order valence-electron chi connectivity index (χ0n) is 12.6. The Morgan fingerprint density at radius 1 is 1.36 bits per heavy atom. The Hall–Kier alpha value is -1.52. The molecule has 0 aliphatic heterocycles. The van der Waals surface area contributed by atoms with Gasteiger partial charge in [-0.15, -0.1) is 0 Å². The molecular formula is C16H18Cl2N2O2. The molecule has 4 nitrogen and oxygen atoms in total. The summed E-state index contributed by atoms with van der Waals surface area (Å²) in [6.45, 7) is 4.55. The minimum atomic E-state index is -0.483. The van der Waals surface area contributed by atoms with E-state index in [-0.39, 0.29) is 5.78 Å². The van der Waals surface area contributed by atoms with Crippen LogP contribution in [0.15, 0.2) is 36.9 Å². The van der Waals surface area contributed by atoms with E-state index in [0.29, 0.717) is 35.4 Å². The molecule has 0 unspecified atom stereocenters. The number of imidazole rings is 1. The van der Waals surface area contributed by atoms with Crippen molar-refractivity contribution in [3.8, 4) is 5.75 Å². The molecule has 1 aromatic heterocycles. The second-order valence-corrected chi connectivity index (χ2v) is 6.56. The van der Waals surface area contributed by atoms with Gasteiger partial charge in [-0.1, -0.05) is 37.0 Å². The molecule has 2 rings (SSSR count). The van der Waals surface area contributed by atoms with Gasteiger partial charge in [-0.3, -0.25) is 4.79 Å². The van der Waals surface area contributed by atoms with E-state index in [4.69, 9.17) is 27.9 Å². The normalized spacial score (nSPS) is 11.5. The first-order chi connectivity index (χ1) is 10.4. The first kappa shape index (κ1) is 16.8. The Balaban J connectivity index is 1.87. The van der Waals surface area contributed by atoms with Crippen LogP contribution < -0.4 is 4.74 Å². The van der Waals surface area contributed by atoms with Gasteiger partial charge >= 0.3 is 0 Å². The lowest BCUT2D eigenvalue weighted by molar-refractivity contribution is -0.128. The van der Waals surface area contributed by atoms with Crippen molar-refractivity contribution < 1.29 is 9.53 Å². The highest BCUT2D eigenvalue weighted by Gasteiger charge is 2.27. The number of benzene rings is 1.